The molecule has 0 aromatic carbocycles. The minimum Gasteiger partial charge on any atom is -0.393 e. The van der Waals surface area contributed by atoms with Crippen LogP contribution in [0.3, 0.4) is 0 Å². The van der Waals surface area contributed by atoms with Crippen LogP contribution >= 0.6 is 0 Å². The molecule has 4 aliphatic carbocycles. The molecule has 0 saturated heterocycles. The third-order valence-electron chi connectivity index (χ3n) is 7.85. The summed E-state index contributed by atoms with van der Waals surface area (Å²) >= 11 is 0. The molecule has 4 rings (SSSR count). The van der Waals surface area contributed by atoms with E-state index < -0.39 is 0 Å². The second-order valence-corrected chi connectivity index (χ2v) is 9.44. The largest absolute Gasteiger partial charge is 0.393 e. The predicted molar refractivity (Wildman–Crippen MR) is 87.3 cm³/mol. The standard InChI is InChI=1S/C20H30O2/c1-19(2)11-13(21)10-12-4-5-14-15(18(12)19)8-9-20(3)16(14)6-7-17(20)22/h10,14-18,22H,4-9,11H2,1-3H3/t14-,15+,16+,17+,18+,20+/m1/s1. The van der Waals surface area contributed by atoms with Gasteiger partial charge in [0.25, 0.3) is 0 Å². The summed E-state index contributed by atoms with van der Waals surface area (Å²) in [4.78, 5) is 12.1. The SMILES string of the molecule is CC1(C)CC(=O)C=C2CC[C@@H]3[C@H](CC[C@]4(C)[C@@H](O)CC[C@@H]34)[C@H]21. The zero-order valence-corrected chi connectivity index (χ0v) is 14.3. The fraction of sp³-hybridized carbons (Fsp3) is 0.850. The first-order chi connectivity index (χ1) is 10.3. The maximum atomic E-state index is 12.1. The fourth-order valence-corrected chi connectivity index (χ4v) is 6.94. The van der Waals surface area contributed by atoms with Crippen LogP contribution in [0.15, 0.2) is 11.6 Å². The summed E-state index contributed by atoms with van der Waals surface area (Å²) in [5.74, 6) is 3.16. The maximum Gasteiger partial charge on any atom is 0.156 e. The van der Waals surface area contributed by atoms with E-state index in [4.69, 9.17) is 0 Å². The molecule has 6 atom stereocenters. The van der Waals surface area contributed by atoms with Crippen LogP contribution in [-0.2, 0) is 4.79 Å². The Labute approximate surface area is 134 Å². The van der Waals surface area contributed by atoms with Gasteiger partial charge in [-0.05, 0) is 79.1 Å². The molecule has 0 unspecified atom stereocenters. The average molecular weight is 302 g/mol. The number of fused-ring (bicyclic) bond motifs is 5. The van der Waals surface area contributed by atoms with Crippen molar-refractivity contribution in [3.63, 3.8) is 0 Å². The molecule has 0 aliphatic heterocycles. The van der Waals surface area contributed by atoms with Gasteiger partial charge in [0.1, 0.15) is 0 Å². The summed E-state index contributed by atoms with van der Waals surface area (Å²) in [5, 5.41) is 10.5. The van der Waals surface area contributed by atoms with Crippen molar-refractivity contribution in [1.82, 2.24) is 0 Å². The summed E-state index contributed by atoms with van der Waals surface area (Å²) in [6.45, 7) is 6.96. The van der Waals surface area contributed by atoms with Gasteiger partial charge in [-0.15, -0.1) is 0 Å². The lowest BCUT2D eigenvalue weighted by Gasteiger charge is -2.56. The van der Waals surface area contributed by atoms with E-state index >= 15 is 0 Å². The highest BCUT2D eigenvalue weighted by molar-refractivity contribution is 5.92. The van der Waals surface area contributed by atoms with E-state index in [9.17, 15) is 9.90 Å². The number of rotatable bonds is 0. The van der Waals surface area contributed by atoms with Crippen molar-refractivity contribution in [3.8, 4) is 0 Å². The first-order valence-electron chi connectivity index (χ1n) is 9.24. The molecule has 3 fully saturated rings. The van der Waals surface area contributed by atoms with E-state index in [-0.39, 0.29) is 16.9 Å². The summed E-state index contributed by atoms with van der Waals surface area (Å²) in [5.41, 5.74) is 1.73. The van der Waals surface area contributed by atoms with Gasteiger partial charge >= 0.3 is 0 Å². The highest BCUT2D eigenvalue weighted by Crippen LogP contribution is 2.63. The van der Waals surface area contributed by atoms with Crippen LogP contribution in [0.1, 0.15) is 65.7 Å². The predicted octanol–water partition coefficient (Wildman–Crippen LogP) is 4.13. The molecule has 0 radical (unpaired) electrons. The van der Waals surface area contributed by atoms with Gasteiger partial charge in [-0.1, -0.05) is 26.3 Å². The maximum absolute atomic E-state index is 12.1. The van der Waals surface area contributed by atoms with Crippen molar-refractivity contribution < 1.29 is 9.90 Å². The summed E-state index contributed by atoms with van der Waals surface area (Å²) in [6, 6.07) is 0. The van der Waals surface area contributed by atoms with Crippen LogP contribution < -0.4 is 0 Å². The molecule has 0 aromatic rings. The van der Waals surface area contributed by atoms with Gasteiger partial charge in [-0.2, -0.15) is 0 Å². The number of aliphatic hydroxyl groups is 1. The number of ketones is 1. The Hall–Kier alpha value is -0.630. The number of hydrogen-bond acceptors (Lipinski definition) is 2. The highest BCUT2D eigenvalue weighted by atomic mass is 16.3. The van der Waals surface area contributed by atoms with Gasteiger partial charge in [-0.3, -0.25) is 4.79 Å². The third-order valence-corrected chi connectivity index (χ3v) is 7.85. The third kappa shape index (κ3) is 1.92. The lowest BCUT2D eigenvalue weighted by atomic mass is 9.48. The van der Waals surface area contributed by atoms with Crippen molar-refractivity contribution in [1.29, 1.82) is 0 Å². The second-order valence-electron chi connectivity index (χ2n) is 9.44. The molecule has 0 bridgehead atoms. The first kappa shape index (κ1) is 14.9. The number of carbonyl (C=O) groups excluding carboxylic acids is 1. The molecule has 0 spiro atoms. The smallest absolute Gasteiger partial charge is 0.156 e. The summed E-state index contributed by atoms with van der Waals surface area (Å²) in [6.07, 6.45) is 9.60. The second kappa shape index (κ2) is 4.69. The van der Waals surface area contributed by atoms with Crippen LogP contribution in [0, 0.1) is 34.5 Å². The zero-order valence-electron chi connectivity index (χ0n) is 14.3. The molecular formula is C20H30O2. The molecular weight excluding hydrogens is 272 g/mol. The van der Waals surface area contributed by atoms with Gasteiger partial charge in [-0.25, -0.2) is 0 Å². The van der Waals surface area contributed by atoms with E-state index in [1.54, 1.807) is 0 Å². The minimum atomic E-state index is -0.0867. The van der Waals surface area contributed by atoms with Gasteiger partial charge in [0.05, 0.1) is 6.10 Å². The van der Waals surface area contributed by atoms with Gasteiger partial charge in [0.15, 0.2) is 5.78 Å². The molecule has 4 aliphatic rings. The Morgan fingerprint density at radius 3 is 2.64 bits per heavy atom. The number of carbonyl (C=O) groups is 1. The summed E-state index contributed by atoms with van der Waals surface area (Å²) < 4.78 is 0. The molecule has 0 aromatic heterocycles. The fourth-order valence-electron chi connectivity index (χ4n) is 6.94. The molecule has 3 saturated carbocycles. The van der Waals surface area contributed by atoms with E-state index in [0.717, 1.165) is 31.1 Å². The van der Waals surface area contributed by atoms with Gasteiger partial charge in [0, 0.05) is 6.42 Å². The average Bonchev–Trinajstić information content (AvgIpc) is 2.73. The Kier molecular flexibility index (Phi) is 3.18. The molecule has 2 nitrogen and oxygen atoms in total. The lowest BCUT2D eigenvalue weighted by molar-refractivity contribution is -0.120. The van der Waals surface area contributed by atoms with Crippen LogP contribution in [0.25, 0.3) is 0 Å². The van der Waals surface area contributed by atoms with E-state index in [2.05, 4.69) is 20.8 Å². The van der Waals surface area contributed by atoms with Gasteiger partial charge in [0.2, 0.25) is 0 Å². The number of hydrogen-bond donors (Lipinski definition) is 1. The van der Waals surface area contributed by atoms with Crippen molar-refractivity contribution in [3.05, 3.63) is 11.6 Å². The van der Waals surface area contributed by atoms with Crippen molar-refractivity contribution in [2.45, 2.75) is 71.8 Å². The molecule has 2 heteroatoms. The normalized spacial score (nSPS) is 49.9. The first-order valence-corrected chi connectivity index (χ1v) is 9.24. The number of aliphatic hydroxyl groups excluding tert-OH is 1. The molecule has 0 amide bonds. The van der Waals surface area contributed by atoms with Crippen LogP contribution in [0.4, 0.5) is 0 Å². The van der Waals surface area contributed by atoms with Crippen molar-refractivity contribution in [2.75, 3.05) is 0 Å². The Morgan fingerprint density at radius 2 is 1.86 bits per heavy atom. The molecule has 1 N–H and O–H groups in total. The topological polar surface area (TPSA) is 37.3 Å². The number of allylic oxidation sites excluding steroid dienone is 1. The zero-order chi connectivity index (χ0) is 15.7. The van der Waals surface area contributed by atoms with E-state index in [1.165, 1.54) is 31.3 Å². The molecule has 22 heavy (non-hydrogen) atoms. The Morgan fingerprint density at radius 1 is 1.09 bits per heavy atom. The Bertz CT molecular complexity index is 532. The quantitative estimate of drug-likeness (QED) is 0.730. The Balaban J connectivity index is 1.69. The molecule has 0 heterocycles. The van der Waals surface area contributed by atoms with Crippen LogP contribution in [0.2, 0.25) is 0 Å². The van der Waals surface area contributed by atoms with Crippen LogP contribution in [-0.4, -0.2) is 17.0 Å². The summed E-state index contributed by atoms with van der Waals surface area (Å²) in [7, 11) is 0. The lowest BCUT2D eigenvalue weighted by Crippen LogP contribution is -2.51. The molecule has 122 valence electrons. The van der Waals surface area contributed by atoms with E-state index in [0.29, 0.717) is 17.6 Å². The van der Waals surface area contributed by atoms with Crippen molar-refractivity contribution in [2.24, 2.45) is 34.5 Å². The van der Waals surface area contributed by atoms with Crippen LogP contribution in [0.5, 0.6) is 0 Å². The highest BCUT2D eigenvalue weighted by Gasteiger charge is 2.58. The monoisotopic (exact) mass is 302 g/mol. The van der Waals surface area contributed by atoms with E-state index in [1.807, 2.05) is 6.08 Å². The van der Waals surface area contributed by atoms with Gasteiger partial charge < -0.3 is 5.11 Å². The van der Waals surface area contributed by atoms with Crippen molar-refractivity contribution >= 4 is 5.78 Å². The minimum absolute atomic E-state index is 0.0867.